The van der Waals surface area contributed by atoms with Crippen LogP contribution in [0.3, 0.4) is 0 Å². The molecule has 3 aromatic rings. The van der Waals surface area contributed by atoms with E-state index in [2.05, 4.69) is 39.9 Å². The Hall–Kier alpha value is -1.29. The summed E-state index contributed by atoms with van der Waals surface area (Å²) in [6.45, 7) is 2.68. The van der Waals surface area contributed by atoms with Gasteiger partial charge in [0.2, 0.25) is 0 Å². The van der Waals surface area contributed by atoms with E-state index in [0.717, 1.165) is 11.3 Å². The van der Waals surface area contributed by atoms with E-state index in [0.29, 0.717) is 16.9 Å². The molecule has 1 N–H and O–H groups in total. The van der Waals surface area contributed by atoms with Crippen LogP contribution in [0.15, 0.2) is 35.7 Å². The van der Waals surface area contributed by atoms with Crippen molar-refractivity contribution in [3.8, 4) is 0 Å². The van der Waals surface area contributed by atoms with Crippen molar-refractivity contribution in [1.82, 2.24) is 4.98 Å². The Balaban J connectivity index is 1.87. The first-order valence-electron chi connectivity index (χ1n) is 6.17. The Bertz CT molecular complexity index is 744. The summed E-state index contributed by atoms with van der Waals surface area (Å²) >= 11 is 13.8. The number of fused-ring (bicyclic) bond motifs is 1. The third-order valence-corrected chi connectivity index (χ3v) is 4.64. The lowest BCUT2D eigenvalue weighted by molar-refractivity contribution is 1.15. The predicted octanol–water partition coefficient (Wildman–Crippen LogP) is 5.52. The van der Waals surface area contributed by atoms with Crippen LogP contribution in [-0.4, -0.2) is 4.98 Å². The first-order valence-corrected chi connectivity index (χ1v) is 7.80. The number of hydrogen-bond acceptors (Lipinski definition) is 3. The minimum absolute atomic E-state index is 0.412. The van der Waals surface area contributed by atoms with Crippen molar-refractivity contribution in [2.75, 3.05) is 5.32 Å². The van der Waals surface area contributed by atoms with Crippen molar-refractivity contribution in [2.24, 2.45) is 0 Å². The van der Waals surface area contributed by atoms with Gasteiger partial charge in [0.05, 0.1) is 5.69 Å². The number of nitrogens with one attached hydrogen (secondary N) is 1. The van der Waals surface area contributed by atoms with Gasteiger partial charge in [0, 0.05) is 11.2 Å². The highest BCUT2D eigenvalue weighted by atomic mass is 35.5. The van der Waals surface area contributed by atoms with E-state index in [1.807, 2.05) is 13.0 Å². The molecule has 20 heavy (non-hydrogen) atoms. The summed E-state index contributed by atoms with van der Waals surface area (Å²) in [6, 6.07) is 10.2. The fraction of sp³-hybridized carbons (Fsp3) is 0.133. The molecular formula is C15H12Cl2N2S. The molecule has 102 valence electrons. The van der Waals surface area contributed by atoms with Gasteiger partial charge in [-0.2, -0.15) is 0 Å². The van der Waals surface area contributed by atoms with Crippen molar-refractivity contribution >= 4 is 50.3 Å². The number of halogens is 2. The molecular weight excluding hydrogens is 311 g/mol. The predicted molar refractivity (Wildman–Crippen MR) is 88.1 cm³/mol. The van der Waals surface area contributed by atoms with Crippen LogP contribution in [-0.2, 0) is 6.54 Å². The van der Waals surface area contributed by atoms with Crippen molar-refractivity contribution < 1.29 is 0 Å². The highest BCUT2D eigenvalue weighted by Gasteiger charge is 2.09. The highest BCUT2D eigenvalue weighted by molar-refractivity contribution is 7.17. The average molecular weight is 323 g/mol. The summed E-state index contributed by atoms with van der Waals surface area (Å²) in [4.78, 5) is 4.07. The topological polar surface area (TPSA) is 24.9 Å². The molecule has 0 amide bonds. The zero-order valence-corrected chi connectivity index (χ0v) is 13.1. The number of pyridine rings is 1. The quantitative estimate of drug-likeness (QED) is 0.642. The normalized spacial score (nSPS) is 10.9. The van der Waals surface area contributed by atoms with Crippen LogP contribution in [0, 0.1) is 6.92 Å². The van der Waals surface area contributed by atoms with Crippen molar-refractivity contribution in [2.45, 2.75) is 13.5 Å². The molecule has 0 atom stereocenters. The van der Waals surface area contributed by atoms with Gasteiger partial charge >= 0.3 is 0 Å². The number of hydrogen-bond donors (Lipinski definition) is 1. The fourth-order valence-corrected chi connectivity index (χ4v) is 3.72. The molecule has 0 aliphatic rings. The lowest BCUT2D eigenvalue weighted by atomic mass is 10.1. The maximum absolute atomic E-state index is 6.14. The van der Waals surface area contributed by atoms with Gasteiger partial charge in [0.15, 0.2) is 5.15 Å². The second kappa shape index (κ2) is 5.60. The standard InChI is InChI=1S/C15H12Cl2N2S/c1-9-6-13(16)19-15(17)14(9)18-7-10-8-20-12-5-3-2-4-11(10)12/h2-6,8,18H,7H2,1H3. The summed E-state index contributed by atoms with van der Waals surface area (Å²) in [6.07, 6.45) is 0. The Morgan fingerprint density at radius 3 is 2.85 bits per heavy atom. The van der Waals surface area contributed by atoms with Gasteiger partial charge < -0.3 is 5.32 Å². The Kier molecular flexibility index (Phi) is 3.83. The van der Waals surface area contributed by atoms with E-state index in [9.17, 15) is 0 Å². The fourth-order valence-electron chi connectivity index (χ4n) is 2.16. The molecule has 0 aliphatic heterocycles. The molecule has 0 spiro atoms. The summed E-state index contributed by atoms with van der Waals surface area (Å²) in [5, 5.41) is 7.63. The smallest absolute Gasteiger partial charge is 0.154 e. The van der Waals surface area contributed by atoms with Gasteiger partial charge in [-0.1, -0.05) is 41.4 Å². The van der Waals surface area contributed by atoms with Crippen LogP contribution < -0.4 is 5.32 Å². The molecule has 0 aliphatic carbocycles. The van der Waals surface area contributed by atoms with E-state index in [1.54, 1.807) is 11.3 Å². The molecule has 0 unspecified atom stereocenters. The Labute approximate surface area is 131 Å². The minimum Gasteiger partial charge on any atom is -0.378 e. The maximum atomic E-state index is 6.14. The van der Waals surface area contributed by atoms with Crippen molar-refractivity contribution in [1.29, 1.82) is 0 Å². The maximum Gasteiger partial charge on any atom is 0.154 e. The Morgan fingerprint density at radius 2 is 2.05 bits per heavy atom. The van der Waals surface area contributed by atoms with Gasteiger partial charge in [0.25, 0.3) is 0 Å². The first kappa shape index (κ1) is 13.7. The molecule has 0 radical (unpaired) electrons. The molecule has 5 heteroatoms. The van der Waals surface area contributed by atoms with Crippen LogP contribution >= 0.6 is 34.5 Å². The largest absolute Gasteiger partial charge is 0.378 e. The van der Waals surface area contributed by atoms with Crippen molar-refractivity contribution in [3.63, 3.8) is 0 Å². The number of thiophene rings is 1. The van der Waals surface area contributed by atoms with E-state index in [-0.39, 0.29) is 0 Å². The number of benzene rings is 1. The molecule has 2 heterocycles. The van der Waals surface area contributed by atoms with Crippen molar-refractivity contribution in [3.05, 3.63) is 57.1 Å². The molecule has 0 saturated heterocycles. The number of rotatable bonds is 3. The summed E-state index contributed by atoms with van der Waals surface area (Å²) in [7, 11) is 0. The minimum atomic E-state index is 0.412. The second-order valence-electron chi connectivity index (χ2n) is 4.54. The van der Waals surface area contributed by atoms with Gasteiger partial charge in [-0.05, 0) is 40.9 Å². The van der Waals surface area contributed by atoms with Crippen LogP contribution in [0.4, 0.5) is 5.69 Å². The summed E-state index contributed by atoms with van der Waals surface area (Å²) in [5.41, 5.74) is 3.09. The molecule has 0 fully saturated rings. The van der Waals surface area contributed by atoms with Crippen LogP contribution in [0.2, 0.25) is 10.3 Å². The van der Waals surface area contributed by atoms with Crippen LogP contribution in [0.1, 0.15) is 11.1 Å². The molecule has 2 nitrogen and oxygen atoms in total. The highest BCUT2D eigenvalue weighted by Crippen LogP contribution is 2.29. The third kappa shape index (κ3) is 2.62. The number of anilines is 1. The molecule has 2 aromatic heterocycles. The first-order chi connectivity index (χ1) is 9.65. The van der Waals surface area contributed by atoms with E-state index >= 15 is 0 Å². The van der Waals surface area contributed by atoms with Crippen LogP contribution in [0.5, 0.6) is 0 Å². The monoisotopic (exact) mass is 322 g/mol. The summed E-state index contributed by atoms with van der Waals surface area (Å²) < 4.78 is 1.29. The second-order valence-corrected chi connectivity index (χ2v) is 6.19. The van der Waals surface area contributed by atoms with Gasteiger partial charge in [-0.15, -0.1) is 11.3 Å². The molecule has 1 aromatic carbocycles. The molecule has 0 saturated carbocycles. The van der Waals surface area contributed by atoms with Gasteiger partial charge in [0.1, 0.15) is 5.15 Å². The molecule has 0 bridgehead atoms. The van der Waals surface area contributed by atoms with Gasteiger partial charge in [-0.25, -0.2) is 4.98 Å². The van der Waals surface area contributed by atoms with E-state index < -0.39 is 0 Å². The van der Waals surface area contributed by atoms with Gasteiger partial charge in [-0.3, -0.25) is 0 Å². The third-order valence-electron chi connectivity index (χ3n) is 3.16. The number of aryl methyl sites for hydroxylation is 1. The lowest BCUT2D eigenvalue weighted by Gasteiger charge is -2.11. The number of nitrogens with zero attached hydrogens (tertiary/aromatic N) is 1. The molecule has 3 rings (SSSR count). The van der Waals surface area contributed by atoms with Crippen LogP contribution in [0.25, 0.3) is 10.1 Å². The Morgan fingerprint density at radius 1 is 1.25 bits per heavy atom. The average Bonchev–Trinajstić information content (AvgIpc) is 2.81. The SMILES string of the molecule is Cc1cc(Cl)nc(Cl)c1NCc1csc2ccccc12. The lowest BCUT2D eigenvalue weighted by Crippen LogP contribution is -2.02. The zero-order valence-electron chi connectivity index (χ0n) is 10.8. The number of aromatic nitrogens is 1. The summed E-state index contributed by atoms with van der Waals surface area (Å²) in [5.74, 6) is 0. The zero-order chi connectivity index (χ0) is 14.1. The van der Waals surface area contributed by atoms with E-state index in [4.69, 9.17) is 23.2 Å². The van der Waals surface area contributed by atoms with E-state index in [1.165, 1.54) is 15.6 Å².